The summed E-state index contributed by atoms with van der Waals surface area (Å²) < 4.78 is 5.16. The first-order chi connectivity index (χ1) is 10.6. The standard InChI is InChI=1S/C17H30N4O/c1-6-14(2)21(4)12-11-19-17(18-3)20-13-15-7-9-16(22-5)10-8-15/h7-10,14H,6,11-13H2,1-5H3,(H2,18,19,20). The highest BCUT2D eigenvalue weighted by Crippen LogP contribution is 2.10. The van der Waals surface area contributed by atoms with E-state index in [-0.39, 0.29) is 0 Å². The van der Waals surface area contributed by atoms with Crippen LogP contribution in [0.25, 0.3) is 0 Å². The van der Waals surface area contributed by atoms with Crippen LogP contribution in [0.3, 0.4) is 0 Å². The van der Waals surface area contributed by atoms with Crippen molar-refractivity contribution >= 4 is 5.96 Å². The molecule has 124 valence electrons. The van der Waals surface area contributed by atoms with Crippen LogP contribution in [0.15, 0.2) is 29.3 Å². The number of methoxy groups -OCH3 is 1. The second kappa shape index (κ2) is 10.1. The minimum atomic E-state index is 0.607. The van der Waals surface area contributed by atoms with Crippen molar-refractivity contribution in [1.82, 2.24) is 15.5 Å². The Balaban J connectivity index is 2.33. The normalized spacial score (nSPS) is 13.1. The van der Waals surface area contributed by atoms with Gasteiger partial charge in [-0.2, -0.15) is 0 Å². The molecule has 22 heavy (non-hydrogen) atoms. The molecule has 0 radical (unpaired) electrons. The lowest BCUT2D eigenvalue weighted by Gasteiger charge is -2.24. The molecule has 1 unspecified atom stereocenters. The number of ether oxygens (including phenoxy) is 1. The molecule has 0 fully saturated rings. The van der Waals surface area contributed by atoms with Gasteiger partial charge in [-0.1, -0.05) is 19.1 Å². The SMILES string of the molecule is CCC(C)N(C)CCNC(=NC)NCc1ccc(OC)cc1. The van der Waals surface area contributed by atoms with Gasteiger partial charge in [0.2, 0.25) is 0 Å². The predicted octanol–water partition coefficient (Wildman–Crippen LogP) is 2.09. The zero-order valence-corrected chi connectivity index (χ0v) is 14.5. The summed E-state index contributed by atoms with van der Waals surface area (Å²) in [5, 5.41) is 6.66. The van der Waals surface area contributed by atoms with Crippen LogP contribution in [0.4, 0.5) is 0 Å². The molecule has 1 rings (SSSR count). The van der Waals surface area contributed by atoms with Gasteiger partial charge >= 0.3 is 0 Å². The van der Waals surface area contributed by atoms with E-state index in [1.54, 1.807) is 14.2 Å². The van der Waals surface area contributed by atoms with E-state index in [1.807, 2.05) is 12.1 Å². The van der Waals surface area contributed by atoms with Gasteiger partial charge in [-0.05, 0) is 38.1 Å². The zero-order valence-electron chi connectivity index (χ0n) is 14.5. The number of aliphatic imine (C=N–C) groups is 1. The van der Waals surface area contributed by atoms with E-state index in [0.717, 1.165) is 31.3 Å². The number of rotatable bonds is 8. The largest absolute Gasteiger partial charge is 0.497 e. The smallest absolute Gasteiger partial charge is 0.191 e. The summed E-state index contributed by atoms with van der Waals surface area (Å²) in [6, 6.07) is 8.64. The molecule has 0 heterocycles. The minimum absolute atomic E-state index is 0.607. The number of hydrogen-bond acceptors (Lipinski definition) is 3. The number of benzene rings is 1. The Hall–Kier alpha value is -1.75. The van der Waals surface area contributed by atoms with E-state index >= 15 is 0 Å². The third-order valence-corrected chi connectivity index (χ3v) is 3.94. The van der Waals surface area contributed by atoms with Crippen LogP contribution in [-0.4, -0.2) is 51.2 Å². The van der Waals surface area contributed by atoms with Gasteiger partial charge in [0.15, 0.2) is 5.96 Å². The fourth-order valence-corrected chi connectivity index (χ4v) is 2.03. The lowest BCUT2D eigenvalue weighted by atomic mass is 10.2. The molecule has 0 saturated carbocycles. The van der Waals surface area contributed by atoms with E-state index in [1.165, 1.54) is 12.0 Å². The Morgan fingerprint density at radius 3 is 2.50 bits per heavy atom. The molecule has 5 heteroatoms. The average Bonchev–Trinajstić information content (AvgIpc) is 2.57. The van der Waals surface area contributed by atoms with Crippen molar-refractivity contribution in [3.63, 3.8) is 0 Å². The van der Waals surface area contributed by atoms with E-state index in [0.29, 0.717) is 6.04 Å². The summed E-state index contributed by atoms with van der Waals surface area (Å²) in [6.45, 7) is 7.08. The monoisotopic (exact) mass is 306 g/mol. The van der Waals surface area contributed by atoms with Gasteiger partial charge in [-0.3, -0.25) is 4.99 Å². The fraction of sp³-hybridized carbons (Fsp3) is 0.588. The molecule has 0 aliphatic heterocycles. The molecule has 2 N–H and O–H groups in total. The number of nitrogens with one attached hydrogen (secondary N) is 2. The molecule has 1 aromatic rings. The summed E-state index contributed by atoms with van der Waals surface area (Å²) in [5.41, 5.74) is 1.19. The highest BCUT2D eigenvalue weighted by Gasteiger charge is 2.06. The van der Waals surface area contributed by atoms with E-state index in [4.69, 9.17) is 4.74 Å². The maximum Gasteiger partial charge on any atom is 0.191 e. The van der Waals surface area contributed by atoms with Crippen molar-refractivity contribution in [2.24, 2.45) is 4.99 Å². The van der Waals surface area contributed by atoms with E-state index in [2.05, 4.69) is 53.6 Å². The molecule has 0 aromatic heterocycles. The third kappa shape index (κ3) is 6.35. The molecule has 0 amide bonds. The Labute approximate surface area is 134 Å². The van der Waals surface area contributed by atoms with Gasteiger partial charge in [0.05, 0.1) is 7.11 Å². The Bertz CT molecular complexity index is 444. The topological polar surface area (TPSA) is 48.9 Å². The maximum atomic E-state index is 5.16. The molecule has 1 aromatic carbocycles. The Morgan fingerprint density at radius 2 is 1.95 bits per heavy atom. The number of nitrogens with zero attached hydrogens (tertiary/aromatic N) is 2. The summed E-state index contributed by atoms with van der Waals surface area (Å²) in [4.78, 5) is 6.60. The van der Waals surface area contributed by atoms with Gasteiger partial charge < -0.3 is 20.3 Å². The lowest BCUT2D eigenvalue weighted by molar-refractivity contribution is 0.255. The van der Waals surface area contributed by atoms with Crippen molar-refractivity contribution in [2.75, 3.05) is 34.3 Å². The summed E-state index contributed by atoms with van der Waals surface area (Å²) in [7, 11) is 5.63. The third-order valence-electron chi connectivity index (χ3n) is 3.94. The van der Waals surface area contributed by atoms with Gasteiger partial charge in [0.25, 0.3) is 0 Å². The quantitative estimate of drug-likeness (QED) is 0.570. The number of hydrogen-bond donors (Lipinski definition) is 2. The van der Waals surface area contributed by atoms with Crippen LogP contribution in [-0.2, 0) is 6.54 Å². The van der Waals surface area contributed by atoms with Gasteiger partial charge in [0, 0.05) is 32.7 Å². The first-order valence-electron chi connectivity index (χ1n) is 7.88. The summed E-state index contributed by atoms with van der Waals surface area (Å²) in [5.74, 6) is 1.70. The lowest BCUT2D eigenvalue weighted by Crippen LogP contribution is -2.42. The maximum absolute atomic E-state index is 5.16. The molecular formula is C17H30N4O. The highest BCUT2D eigenvalue weighted by molar-refractivity contribution is 5.79. The van der Waals surface area contributed by atoms with Crippen LogP contribution in [0.2, 0.25) is 0 Å². The number of likely N-dealkylation sites (N-methyl/N-ethyl adjacent to an activating group) is 1. The van der Waals surface area contributed by atoms with Crippen LogP contribution in [0.1, 0.15) is 25.8 Å². The molecule has 0 bridgehead atoms. The number of guanidine groups is 1. The van der Waals surface area contributed by atoms with Crippen molar-refractivity contribution < 1.29 is 4.74 Å². The Kier molecular flexibility index (Phi) is 8.36. The van der Waals surface area contributed by atoms with Crippen LogP contribution in [0, 0.1) is 0 Å². The summed E-state index contributed by atoms with van der Waals surface area (Å²) >= 11 is 0. The predicted molar refractivity (Wildman–Crippen MR) is 93.6 cm³/mol. The van der Waals surface area contributed by atoms with Crippen LogP contribution < -0.4 is 15.4 Å². The molecule has 0 spiro atoms. The molecule has 1 atom stereocenters. The van der Waals surface area contributed by atoms with Crippen molar-refractivity contribution in [1.29, 1.82) is 0 Å². The summed E-state index contributed by atoms with van der Waals surface area (Å²) in [6.07, 6.45) is 1.17. The highest BCUT2D eigenvalue weighted by atomic mass is 16.5. The van der Waals surface area contributed by atoms with Crippen molar-refractivity contribution in [2.45, 2.75) is 32.9 Å². The van der Waals surface area contributed by atoms with E-state index in [9.17, 15) is 0 Å². The van der Waals surface area contributed by atoms with Crippen LogP contribution in [0.5, 0.6) is 5.75 Å². The fourth-order valence-electron chi connectivity index (χ4n) is 2.03. The minimum Gasteiger partial charge on any atom is -0.497 e. The first-order valence-corrected chi connectivity index (χ1v) is 7.88. The second-order valence-electron chi connectivity index (χ2n) is 5.44. The van der Waals surface area contributed by atoms with Gasteiger partial charge in [0.1, 0.15) is 5.75 Å². The Morgan fingerprint density at radius 1 is 1.27 bits per heavy atom. The molecular weight excluding hydrogens is 276 g/mol. The van der Waals surface area contributed by atoms with Gasteiger partial charge in [-0.15, -0.1) is 0 Å². The van der Waals surface area contributed by atoms with Crippen LogP contribution >= 0.6 is 0 Å². The average molecular weight is 306 g/mol. The zero-order chi connectivity index (χ0) is 16.4. The second-order valence-corrected chi connectivity index (χ2v) is 5.44. The molecule has 0 aliphatic carbocycles. The van der Waals surface area contributed by atoms with Crippen molar-refractivity contribution in [3.8, 4) is 5.75 Å². The molecule has 5 nitrogen and oxygen atoms in total. The molecule has 0 aliphatic rings. The van der Waals surface area contributed by atoms with E-state index < -0.39 is 0 Å². The first kappa shape index (κ1) is 18.3. The molecule has 0 saturated heterocycles. The van der Waals surface area contributed by atoms with Crippen molar-refractivity contribution in [3.05, 3.63) is 29.8 Å². The van der Waals surface area contributed by atoms with Gasteiger partial charge in [-0.25, -0.2) is 0 Å².